The second-order valence-corrected chi connectivity index (χ2v) is 7.34. The maximum Gasteiger partial charge on any atom is 0.349 e. The molecule has 0 spiro atoms. The van der Waals surface area contributed by atoms with Gasteiger partial charge in [-0.2, -0.15) is 0 Å². The highest BCUT2D eigenvalue weighted by Gasteiger charge is 2.25. The summed E-state index contributed by atoms with van der Waals surface area (Å²) in [6.07, 6.45) is 5.11. The highest BCUT2D eigenvalue weighted by atomic mass is 16.4. The number of carbonyl (C=O) groups excluding carboxylic acids is 1. The highest BCUT2D eigenvalue weighted by Crippen LogP contribution is 2.18. The third-order valence-corrected chi connectivity index (χ3v) is 5.47. The predicted molar refractivity (Wildman–Crippen MR) is 114 cm³/mol. The molecule has 1 aliphatic rings. The topological polar surface area (TPSA) is 97.4 Å². The van der Waals surface area contributed by atoms with E-state index >= 15 is 0 Å². The molecule has 0 radical (unpaired) electrons. The average molecular weight is 416 g/mol. The van der Waals surface area contributed by atoms with Crippen LogP contribution in [0.25, 0.3) is 16.8 Å². The third-order valence-electron chi connectivity index (χ3n) is 5.47. The lowest BCUT2D eigenvalue weighted by Crippen LogP contribution is -2.49. The molecule has 156 valence electrons. The van der Waals surface area contributed by atoms with E-state index in [0.29, 0.717) is 31.8 Å². The van der Waals surface area contributed by atoms with E-state index < -0.39 is 5.63 Å². The molecule has 4 aromatic rings. The summed E-state index contributed by atoms with van der Waals surface area (Å²) in [7, 11) is 0. The van der Waals surface area contributed by atoms with E-state index in [-0.39, 0.29) is 11.5 Å². The Morgan fingerprint density at radius 2 is 1.77 bits per heavy atom. The Labute approximate surface area is 177 Å². The van der Waals surface area contributed by atoms with Gasteiger partial charge in [0.1, 0.15) is 34.9 Å². The minimum atomic E-state index is -0.609. The molecule has 1 aromatic carbocycles. The lowest BCUT2D eigenvalue weighted by Gasteiger charge is -2.35. The number of aryl methyl sites for hydroxylation is 1. The number of hydrogen-bond acceptors (Lipinski definition) is 7. The first-order chi connectivity index (χ1) is 15.1. The van der Waals surface area contributed by atoms with Crippen LogP contribution in [0.5, 0.6) is 0 Å². The van der Waals surface area contributed by atoms with Crippen molar-refractivity contribution in [2.24, 2.45) is 0 Å². The standard InChI is InChI=1S/C22H20N6O3/c1-15-23-6-7-28(15)20-13-19(24-14-25-20)26-8-10-27(11-9-26)21(29)17-12-16-4-2-3-5-18(16)31-22(17)30/h2-7,12-14H,8-11H2,1H3. The molecule has 1 saturated heterocycles. The number of imidazole rings is 1. The number of piperazine rings is 1. The van der Waals surface area contributed by atoms with Crippen molar-refractivity contribution in [2.45, 2.75) is 6.92 Å². The van der Waals surface area contributed by atoms with Crippen LogP contribution in [0, 0.1) is 6.92 Å². The quantitative estimate of drug-likeness (QED) is 0.472. The fourth-order valence-electron chi connectivity index (χ4n) is 3.78. The lowest BCUT2D eigenvalue weighted by molar-refractivity contribution is 0.0742. The molecule has 1 amide bonds. The second-order valence-electron chi connectivity index (χ2n) is 7.34. The Hall–Kier alpha value is -4.01. The number of nitrogens with zero attached hydrogens (tertiary/aromatic N) is 6. The zero-order chi connectivity index (χ0) is 21.4. The van der Waals surface area contributed by atoms with Crippen LogP contribution in [-0.2, 0) is 0 Å². The van der Waals surface area contributed by atoms with Gasteiger partial charge in [-0.3, -0.25) is 9.36 Å². The van der Waals surface area contributed by atoms with E-state index in [1.807, 2.05) is 35.9 Å². The molecule has 0 bridgehead atoms. The molecule has 5 rings (SSSR count). The van der Waals surface area contributed by atoms with Crippen molar-refractivity contribution in [1.82, 2.24) is 24.4 Å². The number of amides is 1. The normalized spacial score (nSPS) is 14.2. The van der Waals surface area contributed by atoms with E-state index in [4.69, 9.17) is 4.42 Å². The summed E-state index contributed by atoms with van der Waals surface area (Å²) < 4.78 is 7.21. The van der Waals surface area contributed by atoms with Crippen LogP contribution < -0.4 is 10.5 Å². The van der Waals surface area contributed by atoms with Gasteiger partial charge in [0.25, 0.3) is 5.91 Å². The number of anilines is 1. The summed E-state index contributed by atoms with van der Waals surface area (Å²) in [5, 5.41) is 0.729. The molecule has 0 saturated carbocycles. The molecule has 9 heteroatoms. The summed E-state index contributed by atoms with van der Waals surface area (Å²) in [5.41, 5.74) is -0.0732. The molecule has 3 aromatic heterocycles. The fourth-order valence-corrected chi connectivity index (χ4v) is 3.78. The van der Waals surface area contributed by atoms with Gasteiger partial charge in [-0.1, -0.05) is 18.2 Å². The van der Waals surface area contributed by atoms with Crippen LogP contribution in [0.15, 0.2) is 64.3 Å². The average Bonchev–Trinajstić information content (AvgIpc) is 3.24. The van der Waals surface area contributed by atoms with Crippen molar-refractivity contribution in [3.63, 3.8) is 0 Å². The molecule has 0 unspecified atom stereocenters. The molecule has 0 aliphatic carbocycles. The Morgan fingerprint density at radius 3 is 2.55 bits per heavy atom. The largest absolute Gasteiger partial charge is 0.422 e. The fraction of sp³-hybridized carbons (Fsp3) is 0.227. The van der Waals surface area contributed by atoms with E-state index in [9.17, 15) is 9.59 Å². The van der Waals surface area contributed by atoms with Crippen LogP contribution in [0.3, 0.4) is 0 Å². The van der Waals surface area contributed by atoms with Crippen LogP contribution in [0.2, 0.25) is 0 Å². The van der Waals surface area contributed by atoms with Gasteiger partial charge in [-0.25, -0.2) is 19.7 Å². The SMILES string of the molecule is Cc1nccn1-c1cc(N2CCN(C(=O)c3cc4ccccc4oc3=O)CC2)ncn1. The van der Waals surface area contributed by atoms with Crippen molar-refractivity contribution in [1.29, 1.82) is 0 Å². The van der Waals surface area contributed by atoms with E-state index in [0.717, 1.165) is 22.8 Å². The van der Waals surface area contributed by atoms with Crippen molar-refractivity contribution in [2.75, 3.05) is 31.1 Å². The van der Waals surface area contributed by atoms with Crippen LogP contribution in [-0.4, -0.2) is 56.5 Å². The van der Waals surface area contributed by atoms with E-state index in [1.165, 1.54) is 6.33 Å². The first-order valence-electron chi connectivity index (χ1n) is 9.99. The van der Waals surface area contributed by atoms with Crippen LogP contribution in [0.1, 0.15) is 16.2 Å². The second kappa shape index (κ2) is 7.67. The molecule has 31 heavy (non-hydrogen) atoms. The summed E-state index contributed by atoms with van der Waals surface area (Å²) in [5.74, 6) is 2.06. The van der Waals surface area contributed by atoms with Crippen LogP contribution >= 0.6 is 0 Å². The monoisotopic (exact) mass is 416 g/mol. The molecular formula is C22H20N6O3. The Morgan fingerprint density at radius 1 is 1.00 bits per heavy atom. The van der Waals surface area contributed by atoms with Crippen molar-refractivity contribution < 1.29 is 9.21 Å². The van der Waals surface area contributed by atoms with Gasteiger partial charge in [0.15, 0.2) is 0 Å². The number of para-hydroxylation sites is 1. The molecule has 9 nitrogen and oxygen atoms in total. The van der Waals surface area contributed by atoms with Crippen molar-refractivity contribution in [3.8, 4) is 5.82 Å². The number of benzene rings is 1. The number of hydrogen-bond donors (Lipinski definition) is 0. The summed E-state index contributed by atoms with van der Waals surface area (Å²) in [6.45, 7) is 4.08. The Kier molecular flexibility index (Phi) is 4.70. The lowest BCUT2D eigenvalue weighted by atomic mass is 10.1. The molecule has 1 fully saturated rings. The number of carbonyl (C=O) groups is 1. The molecule has 0 N–H and O–H groups in total. The molecular weight excluding hydrogens is 396 g/mol. The zero-order valence-corrected chi connectivity index (χ0v) is 16.9. The Balaban J connectivity index is 1.32. The number of aromatic nitrogens is 4. The van der Waals surface area contributed by atoms with Gasteiger partial charge in [0, 0.05) is 50.0 Å². The molecule has 4 heterocycles. The smallest absolute Gasteiger partial charge is 0.349 e. The van der Waals surface area contributed by atoms with Crippen LogP contribution in [0.4, 0.5) is 5.82 Å². The van der Waals surface area contributed by atoms with Crippen molar-refractivity contribution >= 4 is 22.7 Å². The van der Waals surface area contributed by atoms with Gasteiger partial charge >= 0.3 is 5.63 Å². The maximum absolute atomic E-state index is 13.0. The van der Waals surface area contributed by atoms with E-state index in [1.54, 1.807) is 29.3 Å². The number of fused-ring (bicyclic) bond motifs is 1. The number of rotatable bonds is 3. The first-order valence-corrected chi connectivity index (χ1v) is 9.99. The van der Waals surface area contributed by atoms with Gasteiger partial charge in [0.05, 0.1) is 0 Å². The van der Waals surface area contributed by atoms with Crippen molar-refractivity contribution in [3.05, 3.63) is 76.9 Å². The van der Waals surface area contributed by atoms with Gasteiger partial charge < -0.3 is 14.2 Å². The zero-order valence-electron chi connectivity index (χ0n) is 16.9. The molecule has 1 aliphatic heterocycles. The predicted octanol–water partition coefficient (Wildman–Crippen LogP) is 2.04. The van der Waals surface area contributed by atoms with E-state index in [2.05, 4.69) is 19.9 Å². The van der Waals surface area contributed by atoms with Gasteiger partial charge in [0.2, 0.25) is 0 Å². The van der Waals surface area contributed by atoms with Gasteiger partial charge in [-0.15, -0.1) is 0 Å². The first kappa shape index (κ1) is 19.0. The highest BCUT2D eigenvalue weighted by molar-refractivity contribution is 5.96. The summed E-state index contributed by atoms with van der Waals surface area (Å²) in [4.78, 5) is 42.0. The summed E-state index contributed by atoms with van der Waals surface area (Å²) in [6, 6.07) is 10.7. The molecule has 0 atom stereocenters. The van der Waals surface area contributed by atoms with Gasteiger partial charge in [-0.05, 0) is 19.1 Å². The Bertz CT molecular complexity index is 1320. The summed E-state index contributed by atoms with van der Waals surface area (Å²) >= 11 is 0. The third kappa shape index (κ3) is 3.54. The minimum absolute atomic E-state index is 0.0621. The minimum Gasteiger partial charge on any atom is -0.422 e. The maximum atomic E-state index is 13.0.